The number of nitrogens with zero attached hydrogens (tertiary/aromatic N) is 3. The number of carbonyl (C=O) groups excluding carboxylic acids is 2. The van der Waals surface area contributed by atoms with Gasteiger partial charge < -0.3 is 34.9 Å². The molecule has 0 saturated carbocycles. The van der Waals surface area contributed by atoms with E-state index < -0.39 is 35.2 Å². The molecule has 2 aromatic carbocycles. The van der Waals surface area contributed by atoms with E-state index in [1.165, 1.54) is 39.9 Å². The van der Waals surface area contributed by atoms with Gasteiger partial charge in [0, 0.05) is 26.4 Å². The zero-order chi connectivity index (χ0) is 31.1. The highest BCUT2D eigenvalue weighted by Gasteiger charge is 2.21. The minimum atomic E-state index is -1.42. The fourth-order valence-electron chi connectivity index (χ4n) is 4.04. The van der Waals surface area contributed by atoms with Gasteiger partial charge in [0.15, 0.2) is 17.3 Å². The number of H-pyrrole nitrogens is 1. The first kappa shape index (κ1) is 30.4. The Morgan fingerprint density at radius 3 is 2.65 bits per heavy atom. The number of carbonyl (C=O) groups is 3. The number of fused-ring (bicyclic) bond motifs is 1. The minimum absolute atomic E-state index is 0.0386. The number of amides is 3. The molecule has 2 aromatic heterocycles. The van der Waals surface area contributed by atoms with Gasteiger partial charge in [0.25, 0.3) is 5.56 Å². The topological polar surface area (TPSA) is 159 Å². The first-order valence-corrected chi connectivity index (χ1v) is 13.0. The van der Waals surface area contributed by atoms with Crippen molar-refractivity contribution in [2.75, 3.05) is 19.4 Å². The Balaban J connectivity index is 1.49. The Bertz CT molecular complexity index is 1750. The number of allylic oxidation sites excluding steroid dienone is 1. The van der Waals surface area contributed by atoms with Crippen molar-refractivity contribution in [1.29, 1.82) is 0 Å². The summed E-state index contributed by atoms with van der Waals surface area (Å²) in [5.41, 5.74) is 0.223. The van der Waals surface area contributed by atoms with Gasteiger partial charge in [-0.15, -0.1) is 0 Å². The van der Waals surface area contributed by atoms with E-state index in [4.69, 9.17) is 4.74 Å². The third-order valence-electron chi connectivity index (χ3n) is 6.17. The van der Waals surface area contributed by atoms with E-state index in [0.29, 0.717) is 22.9 Å². The monoisotopic (exact) mass is 594 g/mol. The molecule has 4 rings (SSSR count). The molecule has 43 heavy (non-hydrogen) atoms. The number of hydrogen-bond acceptors (Lipinski definition) is 6. The molecule has 4 N–H and O–H groups in total. The molecule has 0 aliphatic carbocycles. The number of aromatic amines is 1. The Labute approximate surface area is 243 Å². The number of pyridine rings is 1. The maximum absolute atomic E-state index is 14.1. The van der Waals surface area contributed by atoms with E-state index in [0.717, 1.165) is 12.1 Å². The number of para-hydroxylation sites is 1. The molecule has 224 valence electrons. The van der Waals surface area contributed by atoms with Gasteiger partial charge >= 0.3 is 6.09 Å². The van der Waals surface area contributed by atoms with Crippen LogP contribution in [0.5, 0.6) is 11.5 Å². The maximum Gasteiger partial charge on any atom is 0.405 e. The largest absolute Gasteiger partial charge is 0.465 e. The van der Waals surface area contributed by atoms with Gasteiger partial charge in [0.2, 0.25) is 11.8 Å². The highest BCUT2D eigenvalue weighted by atomic mass is 19.1. The fourth-order valence-corrected chi connectivity index (χ4v) is 4.04. The number of benzene rings is 2. The van der Waals surface area contributed by atoms with Crippen molar-refractivity contribution in [3.8, 4) is 11.5 Å². The summed E-state index contributed by atoms with van der Waals surface area (Å²) >= 11 is 0. The van der Waals surface area contributed by atoms with Crippen molar-refractivity contribution >= 4 is 34.6 Å². The normalized spacial score (nSPS) is 11.8. The molecule has 0 radical (unpaired) electrons. The number of hydrogen-bond donors (Lipinski definition) is 4. The number of rotatable bonds is 11. The van der Waals surface area contributed by atoms with E-state index in [9.17, 15) is 33.1 Å². The summed E-state index contributed by atoms with van der Waals surface area (Å²) < 4.78 is 34.3. The lowest BCUT2D eigenvalue weighted by Gasteiger charge is -2.16. The number of carboxylic acid groups (broad SMARTS) is 1. The van der Waals surface area contributed by atoms with Crippen molar-refractivity contribution in [3.63, 3.8) is 0 Å². The summed E-state index contributed by atoms with van der Waals surface area (Å²) in [6.07, 6.45) is 3.18. The Morgan fingerprint density at radius 1 is 1.14 bits per heavy atom. The summed E-state index contributed by atoms with van der Waals surface area (Å²) in [6.45, 7) is -0.0386. The first-order valence-electron chi connectivity index (χ1n) is 13.0. The van der Waals surface area contributed by atoms with Crippen LogP contribution in [-0.4, -0.2) is 62.6 Å². The minimum Gasteiger partial charge on any atom is -0.465 e. The zero-order valence-corrected chi connectivity index (χ0v) is 23.1. The van der Waals surface area contributed by atoms with Crippen molar-refractivity contribution in [3.05, 3.63) is 94.7 Å². The number of aromatic nitrogens is 3. The predicted molar refractivity (Wildman–Crippen MR) is 153 cm³/mol. The van der Waals surface area contributed by atoms with Crippen LogP contribution in [0.4, 0.5) is 19.3 Å². The Hall–Kier alpha value is -5.53. The third-order valence-corrected chi connectivity index (χ3v) is 6.17. The summed E-state index contributed by atoms with van der Waals surface area (Å²) in [5, 5.41) is 13.8. The first-order chi connectivity index (χ1) is 20.5. The molecule has 12 nitrogen and oxygen atoms in total. The lowest BCUT2D eigenvalue weighted by Crippen LogP contribution is -2.44. The van der Waals surface area contributed by atoms with Crippen LogP contribution in [0.15, 0.2) is 71.7 Å². The summed E-state index contributed by atoms with van der Waals surface area (Å²) in [4.78, 5) is 57.9. The van der Waals surface area contributed by atoms with Gasteiger partial charge in [-0.2, -0.15) is 0 Å². The molecule has 0 aliphatic rings. The van der Waals surface area contributed by atoms with Crippen molar-refractivity contribution < 1.29 is 33.0 Å². The van der Waals surface area contributed by atoms with Crippen LogP contribution in [0.3, 0.4) is 0 Å². The van der Waals surface area contributed by atoms with Gasteiger partial charge in [0.1, 0.15) is 28.9 Å². The number of ether oxygens (including phenoxy) is 1. The van der Waals surface area contributed by atoms with Crippen LogP contribution >= 0.6 is 0 Å². The molecule has 0 fully saturated rings. The molecule has 3 amide bonds. The number of imidazole rings is 1. The lowest BCUT2D eigenvalue weighted by molar-refractivity contribution is -0.123. The second-order valence-corrected chi connectivity index (χ2v) is 9.57. The SMILES string of the molecule is CN(C)C(=O)C=CCCC(NC(=O)O)C(=O)Nc1cccn(Cc2nc3c(Oc4ccc(F)cc4F)cccc3[nH]2)c1=O. The van der Waals surface area contributed by atoms with Crippen molar-refractivity contribution in [1.82, 2.24) is 24.8 Å². The molecule has 0 aliphatic heterocycles. The van der Waals surface area contributed by atoms with Crippen molar-refractivity contribution in [2.45, 2.75) is 25.4 Å². The second kappa shape index (κ2) is 13.4. The quantitative estimate of drug-likeness (QED) is 0.192. The number of anilines is 1. The molecular formula is C29H28F2N6O6. The average molecular weight is 595 g/mol. The van der Waals surface area contributed by atoms with E-state index in [2.05, 4.69) is 20.6 Å². The molecule has 0 bridgehead atoms. The van der Waals surface area contributed by atoms with Crippen LogP contribution in [0.25, 0.3) is 11.0 Å². The van der Waals surface area contributed by atoms with Gasteiger partial charge in [-0.3, -0.25) is 14.4 Å². The van der Waals surface area contributed by atoms with Crippen molar-refractivity contribution in [2.24, 2.45) is 0 Å². The second-order valence-electron chi connectivity index (χ2n) is 9.57. The summed E-state index contributed by atoms with van der Waals surface area (Å²) in [5.74, 6) is -2.26. The number of halogens is 2. The Kier molecular flexibility index (Phi) is 9.50. The zero-order valence-electron chi connectivity index (χ0n) is 23.1. The van der Waals surface area contributed by atoms with Crippen LogP contribution in [0.2, 0.25) is 0 Å². The summed E-state index contributed by atoms with van der Waals surface area (Å²) in [6, 6.07) is 9.58. The van der Waals surface area contributed by atoms with E-state index in [1.54, 1.807) is 32.3 Å². The summed E-state index contributed by atoms with van der Waals surface area (Å²) in [7, 11) is 3.17. The fraction of sp³-hybridized carbons (Fsp3) is 0.207. The maximum atomic E-state index is 14.1. The Morgan fingerprint density at radius 2 is 1.93 bits per heavy atom. The smallest absolute Gasteiger partial charge is 0.405 e. The van der Waals surface area contributed by atoms with Gasteiger partial charge in [-0.05, 0) is 55.3 Å². The highest BCUT2D eigenvalue weighted by molar-refractivity contribution is 5.96. The van der Waals surface area contributed by atoms with Crippen LogP contribution < -0.4 is 20.9 Å². The van der Waals surface area contributed by atoms with Gasteiger partial charge in [-0.25, -0.2) is 18.6 Å². The number of nitrogens with one attached hydrogen (secondary N) is 3. The lowest BCUT2D eigenvalue weighted by atomic mass is 10.1. The van der Waals surface area contributed by atoms with Gasteiger partial charge in [-0.1, -0.05) is 12.1 Å². The predicted octanol–water partition coefficient (Wildman–Crippen LogP) is 3.84. The molecule has 14 heteroatoms. The molecule has 2 heterocycles. The van der Waals surface area contributed by atoms with Crippen LogP contribution in [0.1, 0.15) is 18.7 Å². The molecule has 0 spiro atoms. The number of likely N-dealkylation sites (N-methyl/N-ethyl adjacent to an activating group) is 1. The van der Waals surface area contributed by atoms with Gasteiger partial charge in [0.05, 0.1) is 12.1 Å². The van der Waals surface area contributed by atoms with E-state index in [-0.39, 0.29) is 42.5 Å². The molecule has 1 atom stereocenters. The molecule has 1 unspecified atom stereocenters. The molecular weight excluding hydrogens is 566 g/mol. The van der Waals surface area contributed by atoms with E-state index >= 15 is 0 Å². The van der Waals surface area contributed by atoms with Crippen LogP contribution in [0, 0.1) is 11.6 Å². The van der Waals surface area contributed by atoms with Crippen LogP contribution in [-0.2, 0) is 16.1 Å². The average Bonchev–Trinajstić information content (AvgIpc) is 3.37. The highest BCUT2D eigenvalue weighted by Crippen LogP contribution is 2.30. The molecule has 0 saturated heterocycles. The molecule has 4 aromatic rings. The van der Waals surface area contributed by atoms with E-state index in [1.807, 2.05) is 0 Å². The third kappa shape index (κ3) is 7.81. The standard InChI is InChI=1S/C29H28F2N6O6/c1-36(2)25(38)11-4-3-7-20(34-29(41)42)27(39)33-21-9-6-14-37(28(21)40)16-24-32-19-8-5-10-23(26(19)35-24)43-22-13-12-17(30)15-18(22)31/h4-6,8-15,20,34H,3,7,16H2,1-2H3,(H,32,35)(H,33,39)(H,41,42).